The molecule has 0 radical (unpaired) electrons. The second-order valence-electron chi connectivity index (χ2n) is 20.6. The highest BCUT2D eigenvalue weighted by Gasteiger charge is 2.42. The van der Waals surface area contributed by atoms with Crippen molar-refractivity contribution >= 4 is 59.3 Å². The summed E-state index contributed by atoms with van der Waals surface area (Å²) >= 11 is 0. The van der Waals surface area contributed by atoms with Gasteiger partial charge in [0.15, 0.2) is 0 Å². The molecule has 0 bridgehead atoms. The summed E-state index contributed by atoms with van der Waals surface area (Å²) in [7, 11) is 0. The summed E-state index contributed by atoms with van der Waals surface area (Å²) in [5.74, 6) is -1.06. The lowest BCUT2D eigenvalue weighted by Crippen LogP contribution is -2.34. The Bertz CT molecular complexity index is 3050. The maximum atomic E-state index is 14.3. The van der Waals surface area contributed by atoms with Crippen molar-refractivity contribution in [3.63, 3.8) is 0 Å². The average molecular weight is 899 g/mol. The summed E-state index contributed by atoms with van der Waals surface area (Å²) in [6, 6.07) is 14.2. The van der Waals surface area contributed by atoms with Crippen molar-refractivity contribution < 1.29 is 29.4 Å². The van der Waals surface area contributed by atoms with Gasteiger partial charge in [-0.2, -0.15) is 0 Å². The van der Waals surface area contributed by atoms with E-state index in [4.69, 9.17) is 0 Å². The highest BCUT2D eigenvalue weighted by atomic mass is 16.3. The average Bonchev–Trinajstić information content (AvgIpc) is 3.67. The first-order chi connectivity index (χ1) is 32.4. The minimum absolute atomic E-state index is 0.0293. The topological polar surface area (TPSA) is 115 Å². The zero-order valence-corrected chi connectivity index (χ0v) is 39.6. The lowest BCUT2D eigenvalue weighted by Gasteiger charge is -2.28. The van der Waals surface area contributed by atoms with Gasteiger partial charge >= 0.3 is 0 Å². The van der Waals surface area contributed by atoms with Crippen molar-refractivity contribution in [3.05, 3.63) is 185 Å². The molecule has 5 aliphatic carbocycles. The van der Waals surface area contributed by atoms with Crippen molar-refractivity contribution in [2.75, 3.05) is 9.80 Å². The van der Waals surface area contributed by atoms with Crippen molar-refractivity contribution in [2.24, 2.45) is 23.7 Å². The number of phenolic OH excluding ortho intramolecular Hbond substituents is 2. The van der Waals surface area contributed by atoms with E-state index >= 15 is 0 Å². The van der Waals surface area contributed by atoms with E-state index in [1.165, 1.54) is 9.80 Å². The summed E-state index contributed by atoms with van der Waals surface area (Å²) in [6.07, 6.45) is 26.7. The molecule has 4 aromatic carbocycles. The second-order valence-corrected chi connectivity index (χ2v) is 20.6. The van der Waals surface area contributed by atoms with E-state index in [-0.39, 0.29) is 82.5 Å². The molecule has 11 rings (SSSR count). The summed E-state index contributed by atoms with van der Waals surface area (Å²) in [4.78, 5) is 59.7. The lowest BCUT2D eigenvalue weighted by molar-refractivity contribution is 0.0909. The molecule has 0 saturated carbocycles. The van der Waals surface area contributed by atoms with Gasteiger partial charge in [0.1, 0.15) is 11.5 Å². The third-order valence-electron chi connectivity index (χ3n) is 14.8. The number of amides is 4. The van der Waals surface area contributed by atoms with Crippen molar-refractivity contribution in [1.29, 1.82) is 0 Å². The minimum atomic E-state index is -0.344. The Morgan fingerprint density at radius 3 is 0.779 bits per heavy atom. The Kier molecular flexibility index (Phi) is 9.94. The number of imide groups is 2. The number of hydrogen-bond donors (Lipinski definition) is 2. The van der Waals surface area contributed by atoms with Gasteiger partial charge in [0.05, 0.1) is 33.6 Å². The number of anilines is 2. The van der Waals surface area contributed by atoms with Crippen LogP contribution in [0.2, 0.25) is 0 Å². The van der Waals surface area contributed by atoms with Crippen LogP contribution in [0.1, 0.15) is 143 Å². The van der Waals surface area contributed by atoms with Crippen molar-refractivity contribution in [2.45, 2.75) is 79.1 Å². The van der Waals surface area contributed by atoms with E-state index in [0.29, 0.717) is 33.6 Å². The fourth-order valence-electron chi connectivity index (χ4n) is 11.3. The van der Waals surface area contributed by atoms with Gasteiger partial charge in [0, 0.05) is 23.7 Å². The third kappa shape index (κ3) is 6.70. The molecule has 0 fully saturated rings. The van der Waals surface area contributed by atoms with Gasteiger partial charge < -0.3 is 10.2 Å². The number of phenols is 2. The molecule has 4 unspecified atom stereocenters. The zero-order valence-electron chi connectivity index (χ0n) is 39.6. The fourth-order valence-corrected chi connectivity index (χ4v) is 11.3. The van der Waals surface area contributed by atoms with E-state index in [9.17, 15) is 29.4 Å². The van der Waals surface area contributed by atoms with Crippen LogP contribution < -0.4 is 30.7 Å². The number of carbonyl (C=O) groups is 4. The third-order valence-corrected chi connectivity index (χ3v) is 14.8. The van der Waals surface area contributed by atoms with E-state index in [0.717, 1.165) is 65.4 Å². The number of allylic oxidation sites excluding steroid dienone is 12. The van der Waals surface area contributed by atoms with Gasteiger partial charge in [0.2, 0.25) is 0 Å². The van der Waals surface area contributed by atoms with Crippen molar-refractivity contribution in [3.8, 4) is 11.5 Å². The Labute approximate surface area is 396 Å². The van der Waals surface area contributed by atoms with Crippen LogP contribution in [0.4, 0.5) is 11.4 Å². The quantitative estimate of drug-likeness (QED) is 0.187. The summed E-state index contributed by atoms with van der Waals surface area (Å²) in [5, 5.41) is 24.9. The summed E-state index contributed by atoms with van der Waals surface area (Å²) in [5.41, 5.74) is 10.2. The molecule has 4 atom stereocenters. The molecule has 8 heteroatoms. The molecular weight excluding hydrogens is 845 g/mol. The molecule has 340 valence electrons. The molecule has 0 spiro atoms. The van der Waals surface area contributed by atoms with Gasteiger partial charge in [0.25, 0.3) is 23.6 Å². The van der Waals surface area contributed by atoms with E-state index < -0.39 is 0 Å². The van der Waals surface area contributed by atoms with E-state index in [1.54, 1.807) is 24.3 Å². The van der Waals surface area contributed by atoms with Crippen LogP contribution in [0.25, 0.3) is 24.3 Å². The van der Waals surface area contributed by atoms with Gasteiger partial charge in [-0.05, 0) is 138 Å². The first-order valence-corrected chi connectivity index (χ1v) is 24.0. The van der Waals surface area contributed by atoms with Gasteiger partial charge in [-0.1, -0.05) is 128 Å². The molecule has 8 nitrogen and oxygen atoms in total. The van der Waals surface area contributed by atoms with Crippen molar-refractivity contribution in [1.82, 2.24) is 0 Å². The van der Waals surface area contributed by atoms with Crippen LogP contribution in [-0.2, 0) is 0 Å². The molecule has 2 aliphatic heterocycles. The molecule has 68 heavy (non-hydrogen) atoms. The highest BCUT2D eigenvalue weighted by Crippen LogP contribution is 2.44. The van der Waals surface area contributed by atoms with E-state index in [1.807, 2.05) is 79.7 Å². The summed E-state index contributed by atoms with van der Waals surface area (Å²) in [6.45, 7) is 16.0. The number of aromatic hydroxyl groups is 2. The maximum Gasteiger partial charge on any atom is 0.266 e. The molecule has 7 aliphatic rings. The second kappa shape index (κ2) is 15.6. The molecule has 4 aromatic rings. The van der Waals surface area contributed by atoms with Gasteiger partial charge in [-0.3, -0.25) is 19.2 Å². The van der Waals surface area contributed by atoms with Crippen LogP contribution in [0, 0.1) is 23.7 Å². The number of benzene rings is 4. The fraction of sp³-hybridized carbons (Fsp3) is 0.267. The zero-order chi connectivity index (χ0) is 47.8. The number of nitrogens with zero attached hydrogens (tertiary/aromatic N) is 2. The highest BCUT2D eigenvalue weighted by molar-refractivity contribution is 6.36. The standard InChI is InChI=1S/C60H54N2O6/c1-29(2)47-25-45(63)26-48(30(3)4)55(47)61-57(65)51-21-41-17-37-13-33-9-11-35-15-39-19-43-23-53-54(60(68)62(59(53)67)56-49(31(5)6)27-46(64)28-50(56)32(7)8)24-44(43)20-40(39)16-36(35)12-10-34(33)14-38(37)18-42(41)22-52(51)58(61)66/h9-32,37-40,63-64H,1-8H3/b11-9-,12-10-. The lowest BCUT2D eigenvalue weighted by atomic mass is 9.75. The number of hydrogen-bond acceptors (Lipinski definition) is 6. The Balaban J connectivity index is 0.906. The van der Waals surface area contributed by atoms with Gasteiger partial charge in [-0.25, -0.2) is 9.80 Å². The summed E-state index contributed by atoms with van der Waals surface area (Å²) < 4.78 is 0. The molecule has 4 amide bonds. The predicted octanol–water partition coefficient (Wildman–Crippen LogP) is 9.37. The Morgan fingerprint density at radius 1 is 0.353 bits per heavy atom. The van der Waals surface area contributed by atoms with Crippen LogP contribution in [0.5, 0.6) is 11.5 Å². The SMILES string of the molecule is CC(C)c1cc(O)cc(C(C)C)c1N1C(=O)c2cc3c(cc2C1=O)=CC1C=C2/C=C\C4=CC5C=c6cc7c(cc6=CC5C=C4/C=C\C2=CC1C=3)C(=O)N(c1c(C(C)C)cc(O)cc1C(C)C)C7=O. The first-order valence-electron chi connectivity index (χ1n) is 24.0. The molecule has 2 N–H and O–H groups in total. The maximum absolute atomic E-state index is 14.3. The van der Waals surface area contributed by atoms with Crippen LogP contribution in [-0.4, -0.2) is 33.8 Å². The molecule has 0 aromatic heterocycles. The van der Waals surface area contributed by atoms with Crippen LogP contribution in [0.15, 0.2) is 119 Å². The Hall–Kier alpha value is -7.32. The predicted molar refractivity (Wildman–Crippen MR) is 269 cm³/mol. The number of carbonyl (C=O) groups excluding carboxylic acids is 4. The van der Waals surface area contributed by atoms with Gasteiger partial charge in [-0.15, -0.1) is 0 Å². The monoisotopic (exact) mass is 898 g/mol. The molecular formula is C60H54N2O6. The first kappa shape index (κ1) is 43.3. The molecule has 2 heterocycles. The normalized spacial score (nSPS) is 22.7. The number of fused-ring (bicyclic) bond motifs is 8. The van der Waals surface area contributed by atoms with Crippen LogP contribution >= 0.6 is 0 Å². The minimum Gasteiger partial charge on any atom is -0.508 e. The van der Waals surface area contributed by atoms with E-state index in [2.05, 4.69) is 72.9 Å². The smallest absolute Gasteiger partial charge is 0.266 e. The molecule has 0 saturated heterocycles. The van der Waals surface area contributed by atoms with Crippen LogP contribution in [0.3, 0.4) is 0 Å². The largest absolute Gasteiger partial charge is 0.508 e. The Morgan fingerprint density at radius 2 is 0.574 bits per heavy atom. The number of rotatable bonds is 6.